The number of nitrogens with zero attached hydrogens (tertiary/aromatic N) is 2. The lowest BCUT2D eigenvalue weighted by Gasteiger charge is -2.29. The molecule has 8 nitrogen and oxygen atoms in total. The summed E-state index contributed by atoms with van der Waals surface area (Å²) in [6.07, 6.45) is 0. The van der Waals surface area contributed by atoms with Crippen molar-refractivity contribution in [2.24, 2.45) is 0 Å². The van der Waals surface area contributed by atoms with Gasteiger partial charge in [-0.2, -0.15) is 4.31 Å². The normalized spacial score (nSPS) is 16.1. The molecular formula is C20H26N3O5S+. The van der Waals surface area contributed by atoms with Crippen LogP contribution in [0.1, 0.15) is 25.3 Å². The van der Waals surface area contributed by atoms with E-state index in [2.05, 4.69) is 13.8 Å². The number of rotatable bonds is 6. The van der Waals surface area contributed by atoms with Gasteiger partial charge in [0.25, 0.3) is 0 Å². The summed E-state index contributed by atoms with van der Waals surface area (Å²) in [5.41, 5.74) is 0.751. The fourth-order valence-electron chi connectivity index (χ4n) is 3.19. The molecule has 0 amide bonds. The monoisotopic (exact) mass is 420 g/mol. The highest BCUT2D eigenvalue weighted by Crippen LogP contribution is 2.34. The molecule has 1 N–H and O–H groups in total. The van der Waals surface area contributed by atoms with Gasteiger partial charge in [0.2, 0.25) is 15.8 Å². The summed E-state index contributed by atoms with van der Waals surface area (Å²) in [5.74, 6) is 0.822. The fraction of sp³-hybridized carbons (Fsp3) is 0.400. The number of hydrogen-bond acceptors (Lipinski definition) is 5. The molecule has 0 atom stereocenters. The molecule has 0 unspecified atom stereocenters. The smallest absolute Gasteiger partial charge is 0.312 e. The van der Waals surface area contributed by atoms with Crippen molar-refractivity contribution in [3.8, 4) is 11.5 Å². The van der Waals surface area contributed by atoms with E-state index in [-0.39, 0.29) is 16.3 Å². The molecule has 0 saturated carbocycles. The van der Waals surface area contributed by atoms with Gasteiger partial charge in [-0.05, 0) is 35.7 Å². The van der Waals surface area contributed by atoms with Crippen LogP contribution in [0.4, 0.5) is 5.69 Å². The number of hydrogen-bond donors (Lipinski definition) is 1. The number of ether oxygens (including phenoxy) is 1. The van der Waals surface area contributed by atoms with Crippen LogP contribution in [0.2, 0.25) is 0 Å². The Morgan fingerprint density at radius 3 is 2.28 bits per heavy atom. The van der Waals surface area contributed by atoms with Crippen molar-refractivity contribution in [3.05, 3.63) is 58.1 Å². The summed E-state index contributed by atoms with van der Waals surface area (Å²) in [6.45, 7) is 6.33. The summed E-state index contributed by atoms with van der Waals surface area (Å²) in [7, 11) is -1.78. The Balaban J connectivity index is 1.88. The van der Waals surface area contributed by atoms with Gasteiger partial charge in [0.05, 0.1) is 43.0 Å². The van der Waals surface area contributed by atoms with E-state index in [1.54, 1.807) is 12.1 Å². The largest absolute Gasteiger partial charge is 0.450 e. The molecule has 29 heavy (non-hydrogen) atoms. The van der Waals surface area contributed by atoms with Crippen LogP contribution < -0.4 is 9.64 Å². The molecule has 2 aromatic rings. The minimum atomic E-state index is -3.79. The first kappa shape index (κ1) is 21.2. The first-order chi connectivity index (χ1) is 13.7. The Hall–Kier alpha value is -2.49. The third-order valence-electron chi connectivity index (χ3n) is 5.12. The van der Waals surface area contributed by atoms with Gasteiger partial charge in [-0.3, -0.25) is 10.1 Å². The van der Waals surface area contributed by atoms with Crippen molar-refractivity contribution in [2.75, 3.05) is 33.2 Å². The second-order valence-corrected chi connectivity index (χ2v) is 9.51. The van der Waals surface area contributed by atoms with Gasteiger partial charge in [0.15, 0.2) is 0 Å². The fourth-order valence-corrected chi connectivity index (χ4v) is 4.65. The van der Waals surface area contributed by atoms with Crippen molar-refractivity contribution in [3.63, 3.8) is 0 Å². The molecular weight excluding hydrogens is 394 g/mol. The zero-order chi connectivity index (χ0) is 21.2. The molecule has 1 aliphatic rings. The number of likely N-dealkylation sites (N-methyl/N-ethyl adjacent to an activating group) is 1. The highest BCUT2D eigenvalue weighted by molar-refractivity contribution is 7.89. The number of nitrogens with one attached hydrogen (secondary N) is 1. The molecule has 3 rings (SSSR count). The van der Waals surface area contributed by atoms with Crippen LogP contribution in [0.15, 0.2) is 47.4 Å². The lowest BCUT2D eigenvalue weighted by atomic mass is 10.0. The van der Waals surface area contributed by atoms with Gasteiger partial charge in [-0.25, -0.2) is 8.42 Å². The Kier molecular flexibility index (Phi) is 6.21. The maximum Gasteiger partial charge on any atom is 0.312 e. The van der Waals surface area contributed by atoms with E-state index in [9.17, 15) is 18.5 Å². The van der Waals surface area contributed by atoms with Gasteiger partial charge < -0.3 is 9.64 Å². The zero-order valence-corrected chi connectivity index (χ0v) is 17.6. The molecule has 1 fully saturated rings. The molecule has 0 aliphatic carbocycles. The molecule has 2 aromatic carbocycles. The van der Waals surface area contributed by atoms with Crippen molar-refractivity contribution >= 4 is 15.7 Å². The molecule has 0 radical (unpaired) electrons. The lowest BCUT2D eigenvalue weighted by Crippen LogP contribution is -3.12. The molecule has 0 spiro atoms. The summed E-state index contributed by atoms with van der Waals surface area (Å²) < 4.78 is 32.8. The maximum atomic E-state index is 12.9. The number of sulfonamides is 1. The van der Waals surface area contributed by atoms with E-state index in [0.29, 0.717) is 37.8 Å². The van der Waals surface area contributed by atoms with E-state index in [1.165, 1.54) is 21.3 Å². The average molecular weight is 421 g/mol. The van der Waals surface area contributed by atoms with E-state index < -0.39 is 14.9 Å². The zero-order valence-electron chi connectivity index (χ0n) is 16.8. The molecule has 1 saturated heterocycles. The number of nitro benzene ring substituents is 1. The predicted octanol–water partition coefficient (Wildman–Crippen LogP) is 2.03. The van der Waals surface area contributed by atoms with Crippen molar-refractivity contribution < 1.29 is 23.0 Å². The highest BCUT2D eigenvalue weighted by Gasteiger charge is 2.31. The van der Waals surface area contributed by atoms with E-state index >= 15 is 0 Å². The number of benzene rings is 2. The van der Waals surface area contributed by atoms with E-state index in [1.807, 2.05) is 19.2 Å². The summed E-state index contributed by atoms with van der Waals surface area (Å²) in [4.78, 5) is 12.1. The van der Waals surface area contributed by atoms with E-state index in [4.69, 9.17) is 4.74 Å². The van der Waals surface area contributed by atoms with Crippen LogP contribution in [0.5, 0.6) is 11.5 Å². The average Bonchev–Trinajstić information content (AvgIpc) is 2.68. The summed E-state index contributed by atoms with van der Waals surface area (Å²) in [6, 6.07) is 11.1. The maximum absolute atomic E-state index is 12.9. The molecule has 1 aliphatic heterocycles. The van der Waals surface area contributed by atoms with Crippen LogP contribution in [0.3, 0.4) is 0 Å². The van der Waals surface area contributed by atoms with Crippen LogP contribution in [0, 0.1) is 10.1 Å². The number of quaternary nitrogens is 1. The van der Waals surface area contributed by atoms with Gasteiger partial charge in [-0.1, -0.05) is 26.0 Å². The van der Waals surface area contributed by atoms with Crippen LogP contribution in [-0.4, -0.2) is 50.9 Å². The molecule has 156 valence electrons. The molecule has 1 heterocycles. The second kappa shape index (κ2) is 8.48. The first-order valence-electron chi connectivity index (χ1n) is 9.56. The second-order valence-electron chi connectivity index (χ2n) is 7.57. The number of nitro groups is 1. The van der Waals surface area contributed by atoms with E-state index in [0.717, 1.165) is 11.6 Å². The van der Waals surface area contributed by atoms with Gasteiger partial charge in [0, 0.05) is 6.07 Å². The Morgan fingerprint density at radius 1 is 1.10 bits per heavy atom. The van der Waals surface area contributed by atoms with Crippen LogP contribution in [-0.2, 0) is 10.0 Å². The SMILES string of the molecule is CC(C)c1ccc(Oc2ccc(S(=O)(=O)N3CC[NH+](C)CC3)cc2[N+](=O)[O-])cc1. The standard InChI is InChI=1S/C20H25N3O5S/c1-15(2)16-4-6-17(7-5-16)28-20-9-8-18(14-19(20)23(24)25)29(26,27)22-12-10-21(3)11-13-22/h4-9,14-15H,10-13H2,1-3H3/p+1. The third kappa shape index (κ3) is 4.75. The summed E-state index contributed by atoms with van der Waals surface area (Å²) in [5, 5.41) is 11.6. The molecule has 0 bridgehead atoms. The Morgan fingerprint density at radius 2 is 1.72 bits per heavy atom. The summed E-state index contributed by atoms with van der Waals surface area (Å²) >= 11 is 0. The van der Waals surface area contributed by atoms with Crippen molar-refractivity contribution in [1.29, 1.82) is 0 Å². The topological polar surface area (TPSA) is 94.2 Å². The molecule has 0 aromatic heterocycles. The third-order valence-corrected chi connectivity index (χ3v) is 7.01. The van der Waals surface area contributed by atoms with Crippen molar-refractivity contribution in [2.45, 2.75) is 24.7 Å². The van der Waals surface area contributed by atoms with Crippen LogP contribution >= 0.6 is 0 Å². The van der Waals surface area contributed by atoms with Gasteiger partial charge in [0.1, 0.15) is 5.75 Å². The van der Waals surface area contributed by atoms with Crippen LogP contribution in [0.25, 0.3) is 0 Å². The molecule has 9 heteroatoms. The first-order valence-corrected chi connectivity index (χ1v) is 11.0. The van der Waals surface area contributed by atoms with Gasteiger partial charge in [-0.15, -0.1) is 0 Å². The van der Waals surface area contributed by atoms with Gasteiger partial charge >= 0.3 is 5.69 Å². The quantitative estimate of drug-likeness (QED) is 0.570. The lowest BCUT2D eigenvalue weighted by molar-refractivity contribution is -0.883. The number of piperazine rings is 1. The minimum absolute atomic E-state index is 0.00840. The highest BCUT2D eigenvalue weighted by atomic mass is 32.2. The Labute approximate surface area is 170 Å². The predicted molar refractivity (Wildman–Crippen MR) is 109 cm³/mol. The Bertz CT molecular complexity index is 982. The minimum Gasteiger partial charge on any atom is -0.450 e. The van der Waals surface area contributed by atoms with Crippen molar-refractivity contribution in [1.82, 2.24) is 4.31 Å².